The Balaban J connectivity index is 2.13. The maximum absolute atomic E-state index is 5.92. The van der Waals surface area contributed by atoms with Crippen molar-refractivity contribution in [2.24, 2.45) is 0 Å². The van der Waals surface area contributed by atoms with Crippen LogP contribution in [0.2, 0.25) is 0 Å². The van der Waals surface area contributed by atoms with Crippen molar-refractivity contribution in [3.63, 3.8) is 0 Å². The van der Waals surface area contributed by atoms with Crippen molar-refractivity contribution < 1.29 is 0 Å². The average molecular weight is 226 g/mol. The van der Waals surface area contributed by atoms with Crippen LogP contribution in [-0.2, 0) is 6.54 Å². The van der Waals surface area contributed by atoms with E-state index in [0.717, 1.165) is 17.8 Å². The summed E-state index contributed by atoms with van der Waals surface area (Å²) in [5, 5.41) is 0. The van der Waals surface area contributed by atoms with Crippen LogP contribution in [-0.4, -0.2) is 7.05 Å². The zero-order chi connectivity index (χ0) is 12.3. The summed E-state index contributed by atoms with van der Waals surface area (Å²) in [6.07, 6.45) is 0. The molecule has 0 fully saturated rings. The van der Waals surface area contributed by atoms with Gasteiger partial charge >= 0.3 is 0 Å². The first-order valence-electron chi connectivity index (χ1n) is 5.78. The lowest BCUT2D eigenvalue weighted by Crippen LogP contribution is -2.16. The summed E-state index contributed by atoms with van der Waals surface area (Å²) in [5.74, 6) is 0. The Hall–Kier alpha value is -1.96. The molecule has 0 unspecified atom stereocenters. The Morgan fingerprint density at radius 2 is 1.76 bits per heavy atom. The molecule has 0 aliphatic heterocycles. The van der Waals surface area contributed by atoms with Crippen LogP contribution in [0.1, 0.15) is 11.1 Å². The maximum atomic E-state index is 5.92. The van der Waals surface area contributed by atoms with Crippen molar-refractivity contribution in [1.29, 1.82) is 0 Å². The van der Waals surface area contributed by atoms with E-state index in [1.165, 1.54) is 11.3 Å². The molecule has 2 aromatic carbocycles. The van der Waals surface area contributed by atoms with E-state index in [4.69, 9.17) is 5.73 Å². The molecule has 2 nitrogen and oxygen atoms in total. The maximum Gasteiger partial charge on any atom is 0.0426 e. The van der Waals surface area contributed by atoms with E-state index in [1.54, 1.807) is 0 Å². The smallest absolute Gasteiger partial charge is 0.0426 e. The highest BCUT2D eigenvalue weighted by atomic mass is 15.1. The van der Waals surface area contributed by atoms with E-state index in [1.807, 2.05) is 13.0 Å². The lowest BCUT2D eigenvalue weighted by atomic mass is 10.1. The minimum atomic E-state index is 0.865. The number of anilines is 2. The third-order valence-electron chi connectivity index (χ3n) is 2.96. The average Bonchev–Trinajstić information content (AvgIpc) is 2.35. The van der Waals surface area contributed by atoms with Crippen LogP contribution >= 0.6 is 0 Å². The zero-order valence-electron chi connectivity index (χ0n) is 10.4. The summed E-state index contributed by atoms with van der Waals surface area (Å²) in [6, 6.07) is 16.6. The van der Waals surface area contributed by atoms with Crippen LogP contribution in [0, 0.1) is 6.92 Å². The van der Waals surface area contributed by atoms with E-state index in [0.29, 0.717) is 0 Å². The van der Waals surface area contributed by atoms with Crippen LogP contribution in [0.4, 0.5) is 11.4 Å². The van der Waals surface area contributed by atoms with E-state index in [2.05, 4.69) is 54.4 Å². The Morgan fingerprint density at radius 3 is 2.41 bits per heavy atom. The van der Waals surface area contributed by atoms with Crippen molar-refractivity contribution >= 4 is 11.4 Å². The number of nitrogens with two attached hydrogens (primary N) is 1. The highest BCUT2D eigenvalue weighted by Gasteiger charge is 2.02. The first-order chi connectivity index (χ1) is 8.16. The lowest BCUT2D eigenvalue weighted by molar-refractivity contribution is 0.923. The summed E-state index contributed by atoms with van der Waals surface area (Å²) < 4.78 is 0. The molecule has 0 spiro atoms. The molecule has 2 rings (SSSR count). The van der Waals surface area contributed by atoms with Gasteiger partial charge < -0.3 is 10.6 Å². The minimum Gasteiger partial charge on any atom is -0.399 e. The normalized spacial score (nSPS) is 10.2. The fourth-order valence-corrected chi connectivity index (χ4v) is 1.84. The van der Waals surface area contributed by atoms with Gasteiger partial charge in [-0.3, -0.25) is 0 Å². The molecule has 17 heavy (non-hydrogen) atoms. The number of hydrogen-bond donors (Lipinski definition) is 1. The SMILES string of the molecule is Cc1ccc(CN(C)c2ccccc2)cc1N. The van der Waals surface area contributed by atoms with Gasteiger partial charge in [0.15, 0.2) is 0 Å². The number of rotatable bonds is 3. The van der Waals surface area contributed by atoms with Crippen LogP contribution < -0.4 is 10.6 Å². The summed E-state index contributed by atoms with van der Waals surface area (Å²) in [6.45, 7) is 2.90. The molecule has 0 atom stereocenters. The van der Waals surface area contributed by atoms with Gasteiger partial charge in [-0.1, -0.05) is 30.3 Å². The fourth-order valence-electron chi connectivity index (χ4n) is 1.84. The lowest BCUT2D eigenvalue weighted by Gasteiger charge is -2.19. The standard InChI is InChI=1S/C15H18N2/c1-12-8-9-13(10-15(12)16)11-17(2)14-6-4-3-5-7-14/h3-10H,11,16H2,1-2H3. The zero-order valence-corrected chi connectivity index (χ0v) is 10.4. The van der Waals surface area contributed by atoms with Gasteiger partial charge in [-0.25, -0.2) is 0 Å². The van der Waals surface area contributed by atoms with Crippen LogP contribution in [0.25, 0.3) is 0 Å². The molecule has 2 N–H and O–H groups in total. The number of aryl methyl sites for hydroxylation is 1. The molecule has 2 aromatic rings. The molecule has 0 heterocycles. The second-order valence-corrected chi connectivity index (χ2v) is 4.38. The topological polar surface area (TPSA) is 29.3 Å². The van der Waals surface area contributed by atoms with Crippen molar-refractivity contribution in [2.45, 2.75) is 13.5 Å². The van der Waals surface area contributed by atoms with E-state index in [9.17, 15) is 0 Å². The third-order valence-corrected chi connectivity index (χ3v) is 2.96. The second-order valence-electron chi connectivity index (χ2n) is 4.38. The number of para-hydroxylation sites is 1. The Kier molecular flexibility index (Phi) is 3.33. The second kappa shape index (κ2) is 4.91. The highest BCUT2D eigenvalue weighted by Crippen LogP contribution is 2.17. The molecule has 88 valence electrons. The van der Waals surface area contributed by atoms with Gasteiger partial charge in [0.05, 0.1) is 0 Å². The molecule has 0 aliphatic carbocycles. The minimum absolute atomic E-state index is 0.865. The van der Waals surface area contributed by atoms with Crippen LogP contribution in [0.15, 0.2) is 48.5 Å². The number of nitrogen functional groups attached to an aromatic ring is 1. The van der Waals surface area contributed by atoms with E-state index < -0.39 is 0 Å². The Labute approximate surface area is 103 Å². The van der Waals surface area contributed by atoms with Gasteiger partial charge in [0.25, 0.3) is 0 Å². The number of hydrogen-bond acceptors (Lipinski definition) is 2. The van der Waals surface area contributed by atoms with Crippen molar-refractivity contribution in [3.8, 4) is 0 Å². The molecule has 0 aromatic heterocycles. The van der Waals surface area contributed by atoms with E-state index >= 15 is 0 Å². The molecule has 0 amide bonds. The summed E-state index contributed by atoms with van der Waals surface area (Å²) in [4.78, 5) is 2.21. The van der Waals surface area contributed by atoms with Gasteiger partial charge in [-0.2, -0.15) is 0 Å². The predicted molar refractivity (Wildman–Crippen MR) is 74.1 cm³/mol. The fraction of sp³-hybridized carbons (Fsp3) is 0.200. The largest absolute Gasteiger partial charge is 0.399 e. The number of benzene rings is 2. The number of nitrogens with zero attached hydrogens (tertiary/aromatic N) is 1. The van der Waals surface area contributed by atoms with Crippen LogP contribution in [0.3, 0.4) is 0 Å². The Bertz CT molecular complexity index is 492. The summed E-state index contributed by atoms with van der Waals surface area (Å²) >= 11 is 0. The van der Waals surface area contributed by atoms with E-state index in [-0.39, 0.29) is 0 Å². The first-order valence-corrected chi connectivity index (χ1v) is 5.78. The van der Waals surface area contributed by atoms with Gasteiger partial charge in [0.1, 0.15) is 0 Å². The summed E-state index contributed by atoms with van der Waals surface area (Å²) in [7, 11) is 2.09. The molecule has 2 heteroatoms. The highest BCUT2D eigenvalue weighted by molar-refractivity contribution is 5.50. The molecular formula is C15H18N2. The molecule has 0 radical (unpaired) electrons. The monoisotopic (exact) mass is 226 g/mol. The Morgan fingerprint density at radius 1 is 1.06 bits per heavy atom. The molecule has 0 saturated heterocycles. The molecule has 0 aliphatic rings. The van der Waals surface area contributed by atoms with Gasteiger partial charge in [-0.05, 0) is 36.2 Å². The quantitative estimate of drug-likeness (QED) is 0.814. The van der Waals surface area contributed by atoms with Crippen LogP contribution in [0.5, 0.6) is 0 Å². The van der Waals surface area contributed by atoms with Crippen molar-refractivity contribution in [3.05, 3.63) is 59.7 Å². The predicted octanol–water partition coefficient (Wildman–Crippen LogP) is 3.21. The van der Waals surface area contributed by atoms with Gasteiger partial charge in [-0.15, -0.1) is 0 Å². The van der Waals surface area contributed by atoms with Crippen molar-refractivity contribution in [2.75, 3.05) is 17.7 Å². The van der Waals surface area contributed by atoms with Crippen molar-refractivity contribution in [1.82, 2.24) is 0 Å². The molecule has 0 saturated carbocycles. The third kappa shape index (κ3) is 2.78. The first kappa shape index (κ1) is 11.5. The molecule has 0 bridgehead atoms. The van der Waals surface area contributed by atoms with Gasteiger partial charge in [0.2, 0.25) is 0 Å². The van der Waals surface area contributed by atoms with Gasteiger partial charge in [0, 0.05) is 25.0 Å². The summed E-state index contributed by atoms with van der Waals surface area (Å²) in [5.41, 5.74) is 10.4. The molecular weight excluding hydrogens is 208 g/mol.